The Hall–Kier alpha value is -2.12. The van der Waals surface area contributed by atoms with Crippen LogP contribution in [0.15, 0.2) is 24.3 Å². The number of aliphatic hydroxyl groups excluding tert-OH is 1. The summed E-state index contributed by atoms with van der Waals surface area (Å²) < 4.78 is 62.0. The summed E-state index contributed by atoms with van der Waals surface area (Å²) in [6.07, 6.45) is 2.03. The number of halogens is 4. The van der Waals surface area contributed by atoms with Crippen molar-refractivity contribution in [3.63, 3.8) is 0 Å². The second kappa shape index (κ2) is 9.79. The maximum absolute atomic E-state index is 14.4. The summed E-state index contributed by atoms with van der Waals surface area (Å²) in [5.41, 5.74) is 0.258. The van der Waals surface area contributed by atoms with E-state index < -0.39 is 35.1 Å². The molecule has 164 valence electrons. The van der Waals surface area contributed by atoms with E-state index in [1.165, 1.54) is 18.2 Å². The number of phenolic OH excluding ortho intramolecular Hbond substituents is 1. The molecular formula is C23H26F4O3. The highest BCUT2D eigenvalue weighted by atomic mass is 19.2. The molecule has 0 heterocycles. The SMILES string of the molecule is CCCC(O)c1ccc(COC2CCC(c3ccc(O)c(F)c3F)CC2)c(F)c1F. The molecule has 7 heteroatoms. The van der Waals surface area contributed by atoms with Crippen molar-refractivity contribution < 1.29 is 32.5 Å². The Labute approximate surface area is 173 Å². The lowest BCUT2D eigenvalue weighted by Crippen LogP contribution is -2.21. The van der Waals surface area contributed by atoms with Crippen LogP contribution in [0.5, 0.6) is 5.75 Å². The van der Waals surface area contributed by atoms with E-state index in [2.05, 4.69) is 0 Å². The molecule has 3 nitrogen and oxygen atoms in total. The third kappa shape index (κ3) is 4.78. The van der Waals surface area contributed by atoms with Gasteiger partial charge in [-0.25, -0.2) is 13.2 Å². The predicted octanol–water partition coefficient (Wildman–Crippen LogP) is 6.03. The molecule has 0 aromatic heterocycles. The van der Waals surface area contributed by atoms with E-state index >= 15 is 0 Å². The van der Waals surface area contributed by atoms with Gasteiger partial charge >= 0.3 is 0 Å². The van der Waals surface area contributed by atoms with Gasteiger partial charge in [0.25, 0.3) is 0 Å². The third-order valence-corrected chi connectivity index (χ3v) is 5.79. The van der Waals surface area contributed by atoms with Crippen molar-refractivity contribution in [3.8, 4) is 5.75 Å². The van der Waals surface area contributed by atoms with Crippen molar-refractivity contribution in [2.45, 2.75) is 70.2 Å². The smallest absolute Gasteiger partial charge is 0.200 e. The number of benzene rings is 2. The zero-order valence-corrected chi connectivity index (χ0v) is 16.8. The molecule has 0 bridgehead atoms. The van der Waals surface area contributed by atoms with Gasteiger partial charge in [-0.1, -0.05) is 31.5 Å². The molecule has 1 aliphatic carbocycles. The van der Waals surface area contributed by atoms with Gasteiger partial charge in [0.1, 0.15) is 0 Å². The normalized spacial score (nSPS) is 20.3. The van der Waals surface area contributed by atoms with Crippen LogP contribution >= 0.6 is 0 Å². The zero-order valence-electron chi connectivity index (χ0n) is 16.8. The van der Waals surface area contributed by atoms with Crippen molar-refractivity contribution >= 4 is 0 Å². The maximum Gasteiger partial charge on any atom is 0.200 e. The monoisotopic (exact) mass is 426 g/mol. The van der Waals surface area contributed by atoms with E-state index in [0.29, 0.717) is 38.5 Å². The fourth-order valence-corrected chi connectivity index (χ4v) is 4.02. The van der Waals surface area contributed by atoms with E-state index in [1.54, 1.807) is 0 Å². The van der Waals surface area contributed by atoms with Crippen molar-refractivity contribution in [2.24, 2.45) is 0 Å². The first-order valence-corrected chi connectivity index (χ1v) is 10.3. The molecule has 2 N–H and O–H groups in total. The number of phenols is 1. The Morgan fingerprint density at radius 1 is 0.933 bits per heavy atom. The summed E-state index contributed by atoms with van der Waals surface area (Å²) in [7, 11) is 0. The molecule has 0 saturated heterocycles. The Bertz CT molecular complexity index is 879. The largest absolute Gasteiger partial charge is 0.505 e. The lowest BCUT2D eigenvalue weighted by atomic mass is 9.82. The minimum atomic E-state index is -1.24. The lowest BCUT2D eigenvalue weighted by Gasteiger charge is -2.29. The Kier molecular flexibility index (Phi) is 7.36. The third-order valence-electron chi connectivity index (χ3n) is 5.79. The van der Waals surface area contributed by atoms with Gasteiger partial charge in [0.15, 0.2) is 23.2 Å². The number of rotatable bonds is 7. The number of ether oxygens (including phenoxy) is 1. The summed E-state index contributed by atoms with van der Waals surface area (Å²) in [4.78, 5) is 0. The van der Waals surface area contributed by atoms with Gasteiger partial charge in [-0.15, -0.1) is 0 Å². The Balaban J connectivity index is 1.57. The average Bonchev–Trinajstić information content (AvgIpc) is 2.74. The summed E-state index contributed by atoms with van der Waals surface area (Å²) in [5, 5.41) is 19.2. The Morgan fingerprint density at radius 3 is 2.30 bits per heavy atom. The average molecular weight is 426 g/mol. The molecule has 30 heavy (non-hydrogen) atoms. The van der Waals surface area contributed by atoms with E-state index in [0.717, 1.165) is 6.07 Å². The second-order valence-corrected chi connectivity index (χ2v) is 7.83. The molecule has 0 spiro atoms. The molecule has 3 rings (SSSR count). The highest BCUT2D eigenvalue weighted by molar-refractivity contribution is 5.32. The van der Waals surface area contributed by atoms with Gasteiger partial charge in [0.05, 0.1) is 18.8 Å². The minimum absolute atomic E-state index is 0.0539. The summed E-state index contributed by atoms with van der Waals surface area (Å²) in [6, 6.07) is 5.35. The molecule has 2 aromatic carbocycles. The molecule has 0 aliphatic heterocycles. The highest BCUT2D eigenvalue weighted by Gasteiger charge is 2.27. The van der Waals surface area contributed by atoms with E-state index in [4.69, 9.17) is 4.74 Å². The van der Waals surface area contributed by atoms with Crippen LogP contribution in [-0.2, 0) is 11.3 Å². The quantitative estimate of drug-likeness (QED) is 0.532. The first-order valence-electron chi connectivity index (χ1n) is 10.3. The molecule has 1 fully saturated rings. The first kappa shape index (κ1) is 22.6. The van der Waals surface area contributed by atoms with E-state index in [1.807, 2.05) is 6.92 Å². The molecule has 1 aliphatic rings. The van der Waals surface area contributed by atoms with Crippen molar-refractivity contribution in [3.05, 3.63) is 64.2 Å². The van der Waals surface area contributed by atoms with Crippen molar-refractivity contribution in [1.82, 2.24) is 0 Å². The van der Waals surface area contributed by atoms with Crippen LogP contribution in [0.4, 0.5) is 17.6 Å². The highest BCUT2D eigenvalue weighted by Crippen LogP contribution is 2.37. The molecule has 2 aromatic rings. The molecule has 1 unspecified atom stereocenters. The van der Waals surface area contributed by atoms with Gasteiger partial charge in [0, 0.05) is 11.1 Å². The van der Waals surface area contributed by atoms with E-state index in [-0.39, 0.29) is 35.3 Å². The molecular weight excluding hydrogens is 400 g/mol. The molecule has 0 amide bonds. The van der Waals surface area contributed by atoms with E-state index in [9.17, 15) is 27.8 Å². The molecule has 1 atom stereocenters. The summed E-state index contributed by atoms with van der Waals surface area (Å²) >= 11 is 0. The lowest BCUT2D eigenvalue weighted by molar-refractivity contribution is 0.0115. The first-order chi connectivity index (χ1) is 14.3. The second-order valence-electron chi connectivity index (χ2n) is 7.83. The zero-order chi connectivity index (χ0) is 21.8. The maximum atomic E-state index is 14.4. The van der Waals surface area contributed by atoms with Crippen molar-refractivity contribution in [1.29, 1.82) is 0 Å². The predicted molar refractivity (Wildman–Crippen MR) is 104 cm³/mol. The fourth-order valence-electron chi connectivity index (χ4n) is 4.02. The summed E-state index contributed by atoms with van der Waals surface area (Å²) in [6.45, 7) is 1.74. The number of aliphatic hydroxyl groups is 1. The van der Waals surface area contributed by atoms with Crippen LogP contribution in [0.25, 0.3) is 0 Å². The molecule has 0 radical (unpaired) electrons. The number of hydrogen-bond donors (Lipinski definition) is 2. The van der Waals surface area contributed by atoms with Gasteiger partial charge in [-0.2, -0.15) is 4.39 Å². The van der Waals surface area contributed by atoms with Gasteiger partial charge < -0.3 is 14.9 Å². The molecule has 1 saturated carbocycles. The number of aromatic hydroxyl groups is 1. The standard InChI is InChI=1S/C23H26F4O3/c1-2-3-18(28)17-9-6-14(20(24)22(17)26)12-30-15-7-4-13(5-8-15)16-10-11-19(29)23(27)21(16)25/h6,9-11,13,15,18,28-29H,2-5,7-8,12H2,1H3. The van der Waals surface area contributed by atoms with Crippen LogP contribution in [0.2, 0.25) is 0 Å². The van der Waals surface area contributed by atoms with Crippen molar-refractivity contribution in [2.75, 3.05) is 0 Å². The van der Waals surface area contributed by atoms with Gasteiger partial charge in [-0.05, 0) is 49.7 Å². The topological polar surface area (TPSA) is 49.7 Å². The van der Waals surface area contributed by atoms with Crippen LogP contribution in [0.1, 0.15) is 74.2 Å². The van der Waals surface area contributed by atoms with Crippen LogP contribution < -0.4 is 0 Å². The number of hydrogen-bond acceptors (Lipinski definition) is 3. The fraction of sp³-hybridized carbons (Fsp3) is 0.478. The van der Waals surface area contributed by atoms with Crippen LogP contribution in [0, 0.1) is 23.3 Å². The summed E-state index contributed by atoms with van der Waals surface area (Å²) in [5.74, 6) is -5.23. The van der Waals surface area contributed by atoms with Crippen LogP contribution in [0.3, 0.4) is 0 Å². The van der Waals surface area contributed by atoms with Gasteiger partial charge in [-0.3, -0.25) is 0 Å². The van der Waals surface area contributed by atoms with Crippen LogP contribution in [-0.4, -0.2) is 16.3 Å². The van der Waals surface area contributed by atoms with Gasteiger partial charge in [0.2, 0.25) is 5.82 Å². The Morgan fingerprint density at radius 2 is 1.63 bits per heavy atom. The minimum Gasteiger partial charge on any atom is -0.505 e.